The molecule has 6 rings (SSSR count). The number of aromatic nitrogens is 4. The molecule has 2 aromatic heterocycles. The number of imidazole rings is 1. The molecule has 0 saturated carbocycles. The van der Waals surface area contributed by atoms with Gasteiger partial charge in [-0.1, -0.05) is 54.6 Å². The van der Waals surface area contributed by atoms with Crippen molar-refractivity contribution in [2.75, 3.05) is 20.8 Å². The first-order valence-electron chi connectivity index (χ1n) is 13.5. The Morgan fingerprint density at radius 2 is 1.48 bits per heavy atom. The summed E-state index contributed by atoms with van der Waals surface area (Å²) < 4.78 is 26.4. The number of ether oxygens (including phenoxy) is 4. The third kappa shape index (κ3) is 4.92. The molecule has 0 amide bonds. The molecule has 0 aliphatic carbocycles. The van der Waals surface area contributed by atoms with Gasteiger partial charge in [-0.05, 0) is 60.2 Å². The van der Waals surface area contributed by atoms with Crippen LogP contribution in [0.15, 0.2) is 97.7 Å². The summed E-state index contributed by atoms with van der Waals surface area (Å²) in [4.78, 5) is 12.9. The Labute approximate surface area is 233 Å². The average molecular weight is 537 g/mol. The van der Waals surface area contributed by atoms with E-state index in [0.717, 1.165) is 58.6 Å². The minimum atomic E-state index is -0.838. The van der Waals surface area contributed by atoms with Crippen molar-refractivity contribution in [3.63, 3.8) is 0 Å². The second-order valence-electron chi connectivity index (χ2n) is 9.81. The molecule has 1 fully saturated rings. The van der Waals surface area contributed by atoms with Gasteiger partial charge in [0, 0.05) is 0 Å². The Balaban J connectivity index is 1.28. The lowest BCUT2D eigenvalue weighted by molar-refractivity contribution is -0.0369. The molecule has 2 atom stereocenters. The van der Waals surface area contributed by atoms with Crippen LogP contribution in [0.5, 0.6) is 11.5 Å². The van der Waals surface area contributed by atoms with Crippen LogP contribution in [0.3, 0.4) is 0 Å². The number of methoxy groups -OCH3 is 2. The lowest BCUT2D eigenvalue weighted by Crippen LogP contribution is -2.34. The van der Waals surface area contributed by atoms with Crippen molar-refractivity contribution in [2.45, 2.75) is 37.2 Å². The monoisotopic (exact) mass is 536 g/mol. The van der Waals surface area contributed by atoms with Crippen molar-refractivity contribution in [2.24, 2.45) is 0 Å². The van der Waals surface area contributed by atoms with Gasteiger partial charge in [-0.25, -0.2) is 15.0 Å². The molecular weight excluding hydrogens is 504 g/mol. The molecule has 1 aliphatic rings. The van der Waals surface area contributed by atoms with E-state index < -0.39 is 5.60 Å². The lowest BCUT2D eigenvalue weighted by atomic mass is 9.80. The number of benzene rings is 3. The summed E-state index contributed by atoms with van der Waals surface area (Å²) in [5, 5.41) is 0. The standard InChI is InChI=1S/C32H32N4O4/c1-37-26-12-8-24(9-13-26)32(23-6-4-3-5-7-23,25-10-14-27(38-2)15-11-25)39-19-18-28-16-17-30(40-28)36-22-35-29-20-33-21-34-31(29)36/h3-15,20-22,28,30H,16-19H2,1-2H3/t28-,30+/m0/s1. The van der Waals surface area contributed by atoms with Crippen LogP contribution in [-0.2, 0) is 15.1 Å². The van der Waals surface area contributed by atoms with Gasteiger partial charge in [0.1, 0.15) is 35.2 Å². The van der Waals surface area contributed by atoms with Gasteiger partial charge >= 0.3 is 0 Å². The molecule has 0 radical (unpaired) electrons. The Bertz CT molecular complexity index is 1490. The number of hydrogen-bond acceptors (Lipinski definition) is 7. The molecule has 8 heteroatoms. The largest absolute Gasteiger partial charge is 0.497 e. The summed E-state index contributed by atoms with van der Waals surface area (Å²) in [6.07, 6.45) is 7.58. The van der Waals surface area contributed by atoms with E-state index >= 15 is 0 Å². The zero-order valence-corrected chi connectivity index (χ0v) is 22.6. The van der Waals surface area contributed by atoms with Crippen molar-refractivity contribution < 1.29 is 18.9 Å². The zero-order chi connectivity index (χ0) is 27.4. The molecule has 40 heavy (non-hydrogen) atoms. The second-order valence-corrected chi connectivity index (χ2v) is 9.81. The highest BCUT2D eigenvalue weighted by Gasteiger charge is 2.38. The molecule has 3 heterocycles. The normalized spacial score (nSPS) is 17.2. The SMILES string of the molecule is COc1ccc(C(OCC[C@@H]2CC[C@H](n3cnc4cncnc43)O2)(c2ccccc2)c2ccc(OC)cc2)cc1. The van der Waals surface area contributed by atoms with Crippen molar-refractivity contribution in [3.8, 4) is 11.5 Å². The number of rotatable bonds is 10. The maximum absolute atomic E-state index is 6.99. The smallest absolute Gasteiger partial charge is 0.165 e. The predicted molar refractivity (Wildman–Crippen MR) is 151 cm³/mol. The zero-order valence-electron chi connectivity index (χ0n) is 22.6. The Morgan fingerprint density at radius 1 is 0.825 bits per heavy atom. The first-order chi connectivity index (χ1) is 19.7. The van der Waals surface area contributed by atoms with Gasteiger partial charge in [0.05, 0.1) is 39.5 Å². The minimum absolute atomic E-state index is 0.0597. The van der Waals surface area contributed by atoms with E-state index in [9.17, 15) is 0 Å². The molecule has 1 aliphatic heterocycles. The number of nitrogens with zero attached hydrogens (tertiary/aromatic N) is 4. The minimum Gasteiger partial charge on any atom is -0.497 e. The topological polar surface area (TPSA) is 80.5 Å². The van der Waals surface area contributed by atoms with E-state index in [1.165, 1.54) is 0 Å². The fraction of sp³-hybridized carbons (Fsp3) is 0.281. The van der Waals surface area contributed by atoms with Crippen LogP contribution < -0.4 is 9.47 Å². The molecular formula is C32H32N4O4. The third-order valence-corrected chi connectivity index (χ3v) is 7.57. The quantitative estimate of drug-likeness (QED) is 0.205. The highest BCUT2D eigenvalue weighted by atomic mass is 16.5. The molecule has 1 saturated heterocycles. The van der Waals surface area contributed by atoms with E-state index in [1.807, 2.05) is 47.0 Å². The summed E-state index contributed by atoms with van der Waals surface area (Å²) in [7, 11) is 3.35. The Morgan fingerprint density at radius 3 is 2.12 bits per heavy atom. The number of hydrogen-bond donors (Lipinski definition) is 0. The summed E-state index contributed by atoms with van der Waals surface area (Å²) in [6.45, 7) is 0.497. The molecule has 3 aromatic carbocycles. The van der Waals surface area contributed by atoms with Crippen LogP contribution >= 0.6 is 0 Å². The van der Waals surface area contributed by atoms with Crippen LogP contribution in [0.2, 0.25) is 0 Å². The van der Waals surface area contributed by atoms with Crippen LogP contribution in [0, 0.1) is 0 Å². The Kier molecular flexibility index (Phi) is 7.44. The molecule has 5 aromatic rings. The van der Waals surface area contributed by atoms with Crippen molar-refractivity contribution in [1.82, 2.24) is 19.5 Å². The van der Waals surface area contributed by atoms with Crippen molar-refractivity contribution in [1.29, 1.82) is 0 Å². The van der Waals surface area contributed by atoms with Crippen LogP contribution in [0.25, 0.3) is 11.2 Å². The van der Waals surface area contributed by atoms with Gasteiger partial charge in [0.2, 0.25) is 0 Å². The van der Waals surface area contributed by atoms with E-state index in [4.69, 9.17) is 18.9 Å². The average Bonchev–Trinajstić information content (AvgIpc) is 3.67. The molecule has 8 nitrogen and oxygen atoms in total. The van der Waals surface area contributed by atoms with Gasteiger partial charge in [0.25, 0.3) is 0 Å². The van der Waals surface area contributed by atoms with E-state index in [-0.39, 0.29) is 12.3 Å². The van der Waals surface area contributed by atoms with Gasteiger partial charge in [-0.15, -0.1) is 0 Å². The molecule has 0 bridgehead atoms. The highest BCUT2D eigenvalue weighted by molar-refractivity contribution is 5.68. The first kappa shape index (κ1) is 26.0. The second kappa shape index (κ2) is 11.5. The highest BCUT2D eigenvalue weighted by Crippen LogP contribution is 2.42. The van der Waals surface area contributed by atoms with Crippen LogP contribution in [-0.4, -0.2) is 46.4 Å². The molecule has 0 spiro atoms. The van der Waals surface area contributed by atoms with E-state index in [0.29, 0.717) is 6.61 Å². The van der Waals surface area contributed by atoms with Crippen molar-refractivity contribution in [3.05, 3.63) is 114 Å². The lowest BCUT2D eigenvalue weighted by Gasteiger charge is -2.36. The fourth-order valence-electron chi connectivity index (χ4n) is 5.52. The fourth-order valence-corrected chi connectivity index (χ4v) is 5.52. The van der Waals surface area contributed by atoms with E-state index in [2.05, 4.69) is 51.4 Å². The summed E-state index contributed by atoms with van der Waals surface area (Å²) in [5.74, 6) is 1.59. The molecule has 204 valence electrons. The third-order valence-electron chi connectivity index (χ3n) is 7.57. The van der Waals surface area contributed by atoms with E-state index in [1.54, 1.807) is 33.1 Å². The Hall–Kier alpha value is -4.27. The van der Waals surface area contributed by atoms with Crippen molar-refractivity contribution >= 4 is 11.2 Å². The van der Waals surface area contributed by atoms with Gasteiger partial charge in [-0.2, -0.15) is 0 Å². The molecule has 0 unspecified atom stereocenters. The number of fused-ring (bicyclic) bond motifs is 1. The summed E-state index contributed by atoms with van der Waals surface area (Å²) in [5.41, 5.74) is 3.79. The van der Waals surface area contributed by atoms with Gasteiger partial charge in [0.15, 0.2) is 5.65 Å². The van der Waals surface area contributed by atoms with Crippen LogP contribution in [0.1, 0.15) is 42.2 Å². The van der Waals surface area contributed by atoms with Gasteiger partial charge in [-0.3, -0.25) is 4.57 Å². The van der Waals surface area contributed by atoms with Gasteiger partial charge < -0.3 is 18.9 Å². The maximum Gasteiger partial charge on any atom is 0.165 e. The first-order valence-corrected chi connectivity index (χ1v) is 13.5. The summed E-state index contributed by atoms with van der Waals surface area (Å²) >= 11 is 0. The maximum atomic E-state index is 6.99. The predicted octanol–water partition coefficient (Wildman–Crippen LogP) is 5.92. The molecule has 0 N–H and O–H groups in total. The van der Waals surface area contributed by atoms with Crippen LogP contribution in [0.4, 0.5) is 0 Å². The summed E-state index contributed by atoms with van der Waals surface area (Å²) in [6, 6.07) is 26.5.